The van der Waals surface area contributed by atoms with E-state index in [2.05, 4.69) is 54.2 Å². The summed E-state index contributed by atoms with van der Waals surface area (Å²) in [6.45, 7) is 9.26. The molecule has 0 unspecified atom stereocenters. The fraction of sp³-hybridized carbons (Fsp3) is 0.143. The Hall–Kier alpha value is -2.94. The number of hydrogen-bond donors (Lipinski definition) is 0. The molecule has 3 nitrogen and oxygen atoms in total. The number of allylic oxidation sites excluding steroid dienone is 3. The maximum Gasteiger partial charge on any atom is 0.337 e. The van der Waals surface area contributed by atoms with Gasteiger partial charge >= 0.3 is 5.97 Å². The first-order valence-corrected chi connectivity index (χ1v) is 7.58. The molecule has 3 heteroatoms. The fourth-order valence-electron chi connectivity index (χ4n) is 2.03. The van der Waals surface area contributed by atoms with Gasteiger partial charge in [0.1, 0.15) is 0 Å². The van der Waals surface area contributed by atoms with E-state index < -0.39 is 0 Å². The third-order valence-corrected chi connectivity index (χ3v) is 3.18. The van der Waals surface area contributed by atoms with Gasteiger partial charge in [-0.05, 0) is 37.4 Å². The molecule has 24 heavy (non-hydrogen) atoms. The largest absolute Gasteiger partial charge is 0.465 e. The van der Waals surface area contributed by atoms with Crippen LogP contribution in [0.5, 0.6) is 0 Å². The Morgan fingerprint density at radius 3 is 2.42 bits per heavy atom. The Balaban J connectivity index is 0.000000254. The molecular formula is C21H23NO2. The van der Waals surface area contributed by atoms with E-state index in [4.69, 9.17) is 0 Å². The standard InChI is InChI=1S/C13H15N.C8H8O2/c1-4-6-13(14-3)10-12-8-5-7-11(2)9-12;1-10-8(9)7-5-3-2-4-6-7/h4-9H,1,3,10H2,2H3;2-6H,1H3/b13-6-;. The molecule has 0 N–H and O–H groups in total. The third-order valence-electron chi connectivity index (χ3n) is 3.18. The number of aryl methyl sites for hydroxylation is 1. The average molecular weight is 321 g/mol. The van der Waals surface area contributed by atoms with Gasteiger partial charge in [-0.2, -0.15) is 0 Å². The van der Waals surface area contributed by atoms with Crippen molar-refractivity contribution in [2.24, 2.45) is 4.99 Å². The number of hydrogen-bond acceptors (Lipinski definition) is 3. The lowest BCUT2D eigenvalue weighted by molar-refractivity contribution is 0.0600. The van der Waals surface area contributed by atoms with Gasteiger partial charge in [-0.15, -0.1) is 0 Å². The van der Waals surface area contributed by atoms with Crippen molar-refractivity contribution in [2.45, 2.75) is 13.3 Å². The summed E-state index contributed by atoms with van der Waals surface area (Å²) in [6.07, 6.45) is 4.44. The number of rotatable bonds is 5. The van der Waals surface area contributed by atoms with Crippen molar-refractivity contribution in [3.8, 4) is 0 Å². The van der Waals surface area contributed by atoms with E-state index >= 15 is 0 Å². The van der Waals surface area contributed by atoms with Crippen LogP contribution in [0.4, 0.5) is 0 Å². The van der Waals surface area contributed by atoms with E-state index in [9.17, 15) is 4.79 Å². The predicted octanol–water partition coefficient (Wildman–Crippen LogP) is 4.78. The molecule has 0 fully saturated rings. The fourth-order valence-corrected chi connectivity index (χ4v) is 2.03. The molecule has 2 aromatic carbocycles. The van der Waals surface area contributed by atoms with Crippen LogP contribution in [0.15, 0.2) is 84.0 Å². The van der Waals surface area contributed by atoms with Gasteiger partial charge < -0.3 is 4.74 Å². The average Bonchev–Trinajstić information content (AvgIpc) is 2.62. The van der Waals surface area contributed by atoms with E-state index in [0.717, 1.165) is 12.1 Å². The van der Waals surface area contributed by atoms with E-state index in [-0.39, 0.29) is 5.97 Å². The summed E-state index contributed by atoms with van der Waals surface area (Å²) >= 11 is 0. The lowest BCUT2D eigenvalue weighted by Crippen LogP contribution is -1.99. The Morgan fingerprint density at radius 2 is 1.88 bits per heavy atom. The number of benzene rings is 2. The lowest BCUT2D eigenvalue weighted by atomic mass is 10.1. The normalized spacial score (nSPS) is 10.2. The summed E-state index contributed by atoms with van der Waals surface area (Å²) in [6, 6.07) is 17.3. The molecule has 2 aromatic rings. The number of methoxy groups -OCH3 is 1. The Bertz CT molecular complexity index is 703. The summed E-state index contributed by atoms with van der Waals surface area (Å²) in [5, 5.41) is 0. The molecule has 124 valence electrons. The molecule has 0 saturated heterocycles. The van der Waals surface area contributed by atoms with E-state index in [1.54, 1.807) is 30.3 Å². The maximum atomic E-state index is 10.8. The molecule has 0 heterocycles. The molecule has 0 saturated carbocycles. The molecule has 0 bridgehead atoms. The molecule has 0 aliphatic rings. The Morgan fingerprint density at radius 1 is 1.17 bits per heavy atom. The van der Waals surface area contributed by atoms with Crippen LogP contribution in [0.3, 0.4) is 0 Å². The van der Waals surface area contributed by atoms with Crippen molar-refractivity contribution in [1.82, 2.24) is 0 Å². The molecular weight excluding hydrogens is 298 g/mol. The van der Waals surface area contributed by atoms with Crippen molar-refractivity contribution in [1.29, 1.82) is 0 Å². The number of aliphatic imine (C=N–C) groups is 1. The molecule has 0 radical (unpaired) electrons. The maximum absolute atomic E-state index is 10.8. The van der Waals surface area contributed by atoms with Gasteiger partial charge in [-0.25, -0.2) is 4.79 Å². The Kier molecular flexibility index (Phi) is 8.54. The highest BCUT2D eigenvalue weighted by atomic mass is 16.5. The second-order valence-electron chi connectivity index (χ2n) is 5.08. The van der Waals surface area contributed by atoms with Crippen LogP contribution in [-0.4, -0.2) is 19.8 Å². The summed E-state index contributed by atoms with van der Waals surface area (Å²) in [5.74, 6) is -0.291. The minimum atomic E-state index is -0.291. The second kappa shape index (κ2) is 10.7. The van der Waals surface area contributed by atoms with Crippen molar-refractivity contribution in [3.05, 3.63) is 95.7 Å². The zero-order valence-corrected chi connectivity index (χ0v) is 14.2. The second-order valence-corrected chi connectivity index (χ2v) is 5.08. The smallest absolute Gasteiger partial charge is 0.337 e. The van der Waals surface area contributed by atoms with Crippen LogP contribution in [0.25, 0.3) is 0 Å². The zero-order valence-electron chi connectivity index (χ0n) is 14.2. The van der Waals surface area contributed by atoms with E-state index in [1.807, 2.05) is 12.1 Å². The number of ether oxygens (including phenoxy) is 1. The van der Waals surface area contributed by atoms with Crippen molar-refractivity contribution >= 4 is 12.7 Å². The third kappa shape index (κ3) is 6.88. The molecule has 0 spiro atoms. The van der Waals surface area contributed by atoms with Crippen LogP contribution in [0, 0.1) is 6.92 Å². The molecule has 0 atom stereocenters. The van der Waals surface area contributed by atoms with Crippen LogP contribution in [0.2, 0.25) is 0 Å². The summed E-state index contributed by atoms with van der Waals surface area (Å²) in [4.78, 5) is 14.7. The SMILES string of the molecule is C=C/C=C(/Cc1cccc(C)c1)N=C.COC(=O)c1ccccc1. The monoisotopic (exact) mass is 321 g/mol. The molecule has 2 rings (SSSR count). The highest BCUT2D eigenvalue weighted by molar-refractivity contribution is 5.89. The number of carbonyl (C=O) groups excluding carboxylic acids is 1. The van der Waals surface area contributed by atoms with Gasteiger partial charge in [0.2, 0.25) is 0 Å². The highest BCUT2D eigenvalue weighted by Crippen LogP contribution is 2.10. The molecule has 0 aliphatic heterocycles. The first-order chi connectivity index (χ1) is 11.6. The number of nitrogens with zero attached hydrogens (tertiary/aromatic N) is 1. The van der Waals surface area contributed by atoms with Crippen molar-refractivity contribution in [2.75, 3.05) is 7.11 Å². The quantitative estimate of drug-likeness (QED) is 0.451. The van der Waals surface area contributed by atoms with Crippen LogP contribution < -0.4 is 0 Å². The minimum absolute atomic E-state index is 0.291. The summed E-state index contributed by atoms with van der Waals surface area (Å²) < 4.78 is 4.50. The summed E-state index contributed by atoms with van der Waals surface area (Å²) in [7, 11) is 1.37. The number of esters is 1. The molecule has 0 aromatic heterocycles. The zero-order chi connectivity index (χ0) is 17.8. The summed E-state index contributed by atoms with van der Waals surface area (Å²) in [5.41, 5.74) is 4.06. The first-order valence-electron chi connectivity index (χ1n) is 7.58. The number of carbonyl (C=O) groups is 1. The van der Waals surface area contributed by atoms with E-state index in [1.165, 1.54) is 18.2 Å². The van der Waals surface area contributed by atoms with Gasteiger partial charge in [0.05, 0.1) is 12.7 Å². The lowest BCUT2D eigenvalue weighted by Gasteiger charge is -2.02. The topological polar surface area (TPSA) is 38.7 Å². The molecule has 0 aliphatic carbocycles. The minimum Gasteiger partial charge on any atom is -0.465 e. The first kappa shape index (κ1) is 19.1. The van der Waals surface area contributed by atoms with E-state index in [0.29, 0.717) is 5.56 Å². The van der Waals surface area contributed by atoms with Crippen LogP contribution in [0.1, 0.15) is 21.5 Å². The van der Waals surface area contributed by atoms with Gasteiger partial charge in [0.25, 0.3) is 0 Å². The van der Waals surface area contributed by atoms with Crippen molar-refractivity contribution < 1.29 is 9.53 Å². The van der Waals surface area contributed by atoms with Gasteiger partial charge in [-0.1, -0.05) is 60.7 Å². The van der Waals surface area contributed by atoms with Crippen molar-refractivity contribution in [3.63, 3.8) is 0 Å². The molecule has 0 amide bonds. The van der Waals surface area contributed by atoms with Crippen LogP contribution in [-0.2, 0) is 11.2 Å². The highest BCUT2D eigenvalue weighted by Gasteiger charge is 2.00. The Labute approximate surface area is 144 Å². The van der Waals surface area contributed by atoms with Crippen LogP contribution >= 0.6 is 0 Å². The van der Waals surface area contributed by atoms with Gasteiger partial charge in [-0.3, -0.25) is 4.99 Å². The van der Waals surface area contributed by atoms with Gasteiger partial charge in [0.15, 0.2) is 0 Å². The van der Waals surface area contributed by atoms with Gasteiger partial charge in [0, 0.05) is 12.1 Å². The predicted molar refractivity (Wildman–Crippen MR) is 100 cm³/mol.